The van der Waals surface area contributed by atoms with Gasteiger partial charge in [-0.25, -0.2) is 0 Å². The number of hydrogen-bond donors (Lipinski definition) is 2. The van der Waals surface area contributed by atoms with Crippen LogP contribution >= 0.6 is 0 Å². The fourth-order valence-corrected chi connectivity index (χ4v) is 3.11. The normalized spacial score (nSPS) is 13.3. The van der Waals surface area contributed by atoms with Crippen LogP contribution in [0.1, 0.15) is 59.8 Å². The third kappa shape index (κ3) is 12.2. The summed E-state index contributed by atoms with van der Waals surface area (Å²) in [5, 5.41) is 7.02. The van der Waals surface area contributed by atoms with E-state index in [0.29, 0.717) is 38.5 Å². The van der Waals surface area contributed by atoms with Crippen molar-refractivity contribution in [1.29, 1.82) is 0 Å². The van der Waals surface area contributed by atoms with Gasteiger partial charge in [-0.1, -0.05) is 33.6 Å². The zero-order chi connectivity index (χ0) is 20.5. The highest BCUT2D eigenvalue weighted by molar-refractivity contribution is 5.46. The molecule has 2 N–H and O–H groups in total. The van der Waals surface area contributed by atoms with Crippen molar-refractivity contribution in [3.8, 4) is 5.75 Å². The van der Waals surface area contributed by atoms with Gasteiger partial charge in [-0.2, -0.15) is 0 Å². The summed E-state index contributed by atoms with van der Waals surface area (Å²) in [6.45, 7) is 12.9. The van der Waals surface area contributed by atoms with Crippen LogP contribution in [0.5, 0.6) is 5.75 Å². The highest BCUT2D eigenvalue weighted by Crippen LogP contribution is 2.17. The zero-order valence-electron chi connectivity index (χ0n) is 18.5. The standard InChI is InChI=1S/C23H42N2O3/c1-5-8-20(4)25-22-10-12-23(13-11-22)28-19-18-27-17-16-26-15-14-24-21(7-3)9-6-2/h10-13,20-21,24-25H,5-9,14-19H2,1-4H3. The van der Waals surface area contributed by atoms with Crippen LogP contribution in [0.4, 0.5) is 5.69 Å². The van der Waals surface area contributed by atoms with Crippen molar-refractivity contribution in [1.82, 2.24) is 5.32 Å². The quantitative estimate of drug-likeness (QED) is 0.348. The summed E-state index contributed by atoms with van der Waals surface area (Å²) in [7, 11) is 0. The Morgan fingerprint density at radius 3 is 2.11 bits per heavy atom. The van der Waals surface area contributed by atoms with Crippen molar-refractivity contribution in [2.24, 2.45) is 0 Å². The van der Waals surface area contributed by atoms with E-state index >= 15 is 0 Å². The lowest BCUT2D eigenvalue weighted by atomic mass is 10.1. The Balaban J connectivity index is 1.98. The topological polar surface area (TPSA) is 51.8 Å². The molecule has 2 unspecified atom stereocenters. The summed E-state index contributed by atoms with van der Waals surface area (Å²) < 4.78 is 16.9. The molecule has 0 aliphatic rings. The third-order valence-corrected chi connectivity index (χ3v) is 4.67. The predicted molar refractivity (Wildman–Crippen MR) is 119 cm³/mol. The van der Waals surface area contributed by atoms with Gasteiger partial charge in [0.25, 0.3) is 0 Å². The van der Waals surface area contributed by atoms with Gasteiger partial charge in [0, 0.05) is 24.3 Å². The second-order valence-electron chi connectivity index (χ2n) is 7.28. The van der Waals surface area contributed by atoms with E-state index in [1.807, 2.05) is 12.1 Å². The second-order valence-corrected chi connectivity index (χ2v) is 7.28. The second kappa shape index (κ2) is 16.6. The molecule has 0 aliphatic carbocycles. The fourth-order valence-electron chi connectivity index (χ4n) is 3.11. The molecule has 0 radical (unpaired) electrons. The van der Waals surface area contributed by atoms with Crippen LogP contribution in [0, 0.1) is 0 Å². The van der Waals surface area contributed by atoms with Gasteiger partial charge < -0.3 is 24.8 Å². The van der Waals surface area contributed by atoms with Gasteiger partial charge in [-0.3, -0.25) is 0 Å². The average Bonchev–Trinajstić information content (AvgIpc) is 2.70. The molecule has 0 saturated carbocycles. The molecule has 5 nitrogen and oxygen atoms in total. The van der Waals surface area contributed by atoms with Crippen molar-refractivity contribution < 1.29 is 14.2 Å². The van der Waals surface area contributed by atoms with E-state index in [2.05, 4.69) is 50.5 Å². The van der Waals surface area contributed by atoms with Crippen molar-refractivity contribution in [3.63, 3.8) is 0 Å². The summed E-state index contributed by atoms with van der Waals surface area (Å²) >= 11 is 0. The molecule has 1 aromatic carbocycles. The molecular weight excluding hydrogens is 352 g/mol. The molecule has 0 spiro atoms. The van der Waals surface area contributed by atoms with Gasteiger partial charge in [-0.15, -0.1) is 0 Å². The van der Waals surface area contributed by atoms with Crippen LogP contribution < -0.4 is 15.4 Å². The molecule has 28 heavy (non-hydrogen) atoms. The summed E-state index contributed by atoms with van der Waals surface area (Å²) in [5.41, 5.74) is 1.14. The summed E-state index contributed by atoms with van der Waals surface area (Å²) in [4.78, 5) is 0. The number of anilines is 1. The van der Waals surface area contributed by atoms with Gasteiger partial charge in [0.2, 0.25) is 0 Å². The third-order valence-electron chi connectivity index (χ3n) is 4.67. The van der Waals surface area contributed by atoms with E-state index < -0.39 is 0 Å². The largest absolute Gasteiger partial charge is 0.491 e. The van der Waals surface area contributed by atoms with Gasteiger partial charge in [-0.05, 0) is 50.5 Å². The van der Waals surface area contributed by atoms with E-state index in [9.17, 15) is 0 Å². The van der Waals surface area contributed by atoms with E-state index in [0.717, 1.165) is 24.6 Å². The van der Waals surface area contributed by atoms with Crippen molar-refractivity contribution in [3.05, 3.63) is 24.3 Å². The first-order valence-corrected chi connectivity index (χ1v) is 11.1. The maximum absolute atomic E-state index is 5.72. The highest BCUT2D eigenvalue weighted by Gasteiger charge is 2.03. The van der Waals surface area contributed by atoms with Crippen LogP contribution in [-0.4, -0.2) is 51.7 Å². The predicted octanol–water partition coefficient (Wildman–Crippen LogP) is 4.87. The van der Waals surface area contributed by atoms with Crippen LogP contribution in [0.2, 0.25) is 0 Å². The summed E-state index contributed by atoms with van der Waals surface area (Å²) in [6.07, 6.45) is 6.00. The Kier molecular flexibility index (Phi) is 14.7. The van der Waals surface area contributed by atoms with Crippen LogP contribution in [-0.2, 0) is 9.47 Å². The zero-order valence-corrected chi connectivity index (χ0v) is 18.5. The molecule has 2 atom stereocenters. The summed E-state index contributed by atoms with van der Waals surface area (Å²) in [6, 6.07) is 9.24. The minimum absolute atomic E-state index is 0.493. The fraction of sp³-hybridized carbons (Fsp3) is 0.739. The van der Waals surface area contributed by atoms with Gasteiger partial charge in [0.1, 0.15) is 12.4 Å². The van der Waals surface area contributed by atoms with Crippen molar-refractivity contribution in [2.75, 3.05) is 44.9 Å². The monoisotopic (exact) mass is 394 g/mol. The van der Waals surface area contributed by atoms with Crippen LogP contribution in [0.25, 0.3) is 0 Å². The van der Waals surface area contributed by atoms with E-state index in [1.165, 1.54) is 32.1 Å². The molecule has 0 heterocycles. The molecule has 0 saturated heterocycles. The number of hydrogen-bond acceptors (Lipinski definition) is 5. The first-order valence-electron chi connectivity index (χ1n) is 11.1. The molecule has 1 aromatic rings. The number of rotatable bonds is 18. The van der Waals surface area contributed by atoms with Gasteiger partial charge >= 0.3 is 0 Å². The lowest BCUT2D eigenvalue weighted by Gasteiger charge is -2.16. The first kappa shape index (κ1) is 24.7. The molecule has 1 rings (SSSR count). The molecule has 0 amide bonds. The Bertz CT molecular complexity index is 467. The Hall–Kier alpha value is -1.30. The molecule has 0 aromatic heterocycles. The minimum Gasteiger partial charge on any atom is -0.491 e. The molecule has 0 aliphatic heterocycles. The highest BCUT2D eigenvalue weighted by atomic mass is 16.5. The van der Waals surface area contributed by atoms with E-state index in [1.54, 1.807) is 0 Å². The SMILES string of the molecule is CCCC(C)Nc1ccc(OCCOCCOCCNC(CC)CCC)cc1. The molecule has 0 fully saturated rings. The first-order chi connectivity index (χ1) is 13.7. The Morgan fingerprint density at radius 1 is 0.821 bits per heavy atom. The number of nitrogens with one attached hydrogen (secondary N) is 2. The van der Waals surface area contributed by atoms with Gasteiger partial charge in [0.15, 0.2) is 0 Å². The maximum Gasteiger partial charge on any atom is 0.119 e. The smallest absolute Gasteiger partial charge is 0.119 e. The van der Waals surface area contributed by atoms with Crippen LogP contribution in [0.15, 0.2) is 24.3 Å². The molecule has 5 heteroatoms. The summed E-state index contributed by atoms with van der Waals surface area (Å²) in [5.74, 6) is 0.872. The average molecular weight is 395 g/mol. The minimum atomic E-state index is 0.493. The Morgan fingerprint density at radius 2 is 1.46 bits per heavy atom. The van der Waals surface area contributed by atoms with Gasteiger partial charge in [0.05, 0.1) is 26.4 Å². The van der Waals surface area contributed by atoms with Crippen molar-refractivity contribution in [2.45, 2.75) is 71.9 Å². The molecule has 0 bridgehead atoms. The van der Waals surface area contributed by atoms with Crippen LogP contribution in [0.3, 0.4) is 0 Å². The maximum atomic E-state index is 5.72. The van der Waals surface area contributed by atoms with Crippen molar-refractivity contribution >= 4 is 5.69 Å². The number of benzene rings is 1. The number of ether oxygens (including phenoxy) is 3. The van der Waals surface area contributed by atoms with E-state index in [4.69, 9.17) is 14.2 Å². The van der Waals surface area contributed by atoms with E-state index in [-0.39, 0.29) is 0 Å². The lowest BCUT2D eigenvalue weighted by Crippen LogP contribution is -2.31. The molecular formula is C23H42N2O3. The molecule has 162 valence electrons. The Labute approximate surface area is 172 Å². The lowest BCUT2D eigenvalue weighted by molar-refractivity contribution is 0.0367.